The zero-order chi connectivity index (χ0) is 20.8. The first-order valence-corrected chi connectivity index (χ1v) is 10.1. The summed E-state index contributed by atoms with van der Waals surface area (Å²) in [5, 5.41) is 3.05. The maximum atomic E-state index is 13.0. The van der Waals surface area contributed by atoms with Crippen molar-refractivity contribution in [1.82, 2.24) is 4.90 Å². The Morgan fingerprint density at radius 3 is 2.24 bits per heavy atom. The van der Waals surface area contributed by atoms with E-state index in [1.807, 2.05) is 0 Å². The van der Waals surface area contributed by atoms with Crippen molar-refractivity contribution in [3.05, 3.63) is 22.7 Å². The first-order valence-electron chi connectivity index (χ1n) is 9.76. The van der Waals surface area contributed by atoms with E-state index < -0.39 is 5.97 Å². The molecule has 1 aromatic rings. The number of hydrogen-bond acceptors (Lipinski definition) is 6. The van der Waals surface area contributed by atoms with Crippen LogP contribution >= 0.6 is 11.6 Å². The van der Waals surface area contributed by atoms with E-state index in [0.717, 1.165) is 38.9 Å². The van der Waals surface area contributed by atoms with Crippen molar-refractivity contribution in [3.8, 4) is 5.75 Å². The Hall–Kier alpha value is -2.03. The molecule has 0 saturated carbocycles. The van der Waals surface area contributed by atoms with Crippen LogP contribution in [-0.4, -0.2) is 69.6 Å². The van der Waals surface area contributed by atoms with Crippen LogP contribution in [0.2, 0.25) is 5.02 Å². The molecule has 160 valence electrons. The highest BCUT2D eigenvalue weighted by molar-refractivity contribution is 6.34. The Kier molecular flexibility index (Phi) is 7.57. The minimum absolute atomic E-state index is 0.0221. The van der Waals surface area contributed by atoms with E-state index in [2.05, 4.69) is 5.32 Å². The van der Waals surface area contributed by atoms with Crippen LogP contribution in [0.25, 0.3) is 0 Å². The average Bonchev–Trinajstić information content (AvgIpc) is 3.42. The van der Waals surface area contributed by atoms with Crippen molar-refractivity contribution in [1.29, 1.82) is 0 Å². The number of rotatable bonds is 7. The second-order valence-electron chi connectivity index (χ2n) is 7.13. The zero-order valence-electron chi connectivity index (χ0n) is 16.7. The second-order valence-corrected chi connectivity index (χ2v) is 7.54. The molecular formula is C20H27ClN2O6. The van der Waals surface area contributed by atoms with Gasteiger partial charge in [-0.2, -0.15) is 0 Å². The normalized spacial score (nSPS) is 21.1. The van der Waals surface area contributed by atoms with E-state index >= 15 is 0 Å². The van der Waals surface area contributed by atoms with Crippen molar-refractivity contribution in [2.24, 2.45) is 0 Å². The number of benzene rings is 1. The fourth-order valence-corrected chi connectivity index (χ4v) is 3.80. The minimum atomic E-state index is -0.569. The molecule has 1 aromatic carbocycles. The number of halogens is 1. The van der Waals surface area contributed by atoms with Crippen molar-refractivity contribution in [3.63, 3.8) is 0 Å². The first kappa shape index (κ1) is 21.7. The molecule has 1 N–H and O–H groups in total. The van der Waals surface area contributed by atoms with Gasteiger partial charge in [-0.25, -0.2) is 9.59 Å². The number of anilines is 1. The monoisotopic (exact) mass is 426 g/mol. The van der Waals surface area contributed by atoms with Crippen LogP contribution in [0.3, 0.4) is 0 Å². The van der Waals surface area contributed by atoms with Crippen LogP contribution in [-0.2, 0) is 14.2 Å². The summed E-state index contributed by atoms with van der Waals surface area (Å²) in [7, 11) is 2.71. The first-order chi connectivity index (χ1) is 14.0. The van der Waals surface area contributed by atoms with E-state index in [-0.39, 0.29) is 34.6 Å². The van der Waals surface area contributed by atoms with Crippen LogP contribution in [0, 0.1) is 0 Å². The highest BCUT2D eigenvalue weighted by Crippen LogP contribution is 2.32. The summed E-state index contributed by atoms with van der Waals surface area (Å²) in [6.45, 7) is 2.41. The molecule has 3 rings (SSSR count). The van der Waals surface area contributed by atoms with Gasteiger partial charge in [-0.3, -0.25) is 0 Å². The summed E-state index contributed by atoms with van der Waals surface area (Å²) in [5.74, 6) is -0.304. The van der Waals surface area contributed by atoms with Gasteiger partial charge in [0.2, 0.25) is 0 Å². The zero-order valence-corrected chi connectivity index (χ0v) is 17.5. The second kappa shape index (κ2) is 10.1. The largest absolute Gasteiger partial charge is 0.496 e. The quantitative estimate of drug-likeness (QED) is 0.673. The third-order valence-electron chi connectivity index (χ3n) is 5.12. The van der Waals surface area contributed by atoms with Gasteiger partial charge in [-0.05, 0) is 31.7 Å². The van der Waals surface area contributed by atoms with Crippen LogP contribution in [0.5, 0.6) is 5.75 Å². The number of carbonyl (C=O) groups is 2. The fraction of sp³-hybridized carbons (Fsp3) is 0.600. The number of urea groups is 1. The van der Waals surface area contributed by atoms with Gasteiger partial charge >= 0.3 is 12.0 Å². The Bertz CT molecular complexity index is 714. The number of methoxy groups -OCH3 is 2. The van der Waals surface area contributed by atoms with Crippen molar-refractivity contribution < 1.29 is 28.5 Å². The topological polar surface area (TPSA) is 86.3 Å². The molecule has 0 aliphatic carbocycles. The maximum Gasteiger partial charge on any atom is 0.341 e. The maximum absolute atomic E-state index is 13.0. The van der Waals surface area contributed by atoms with Crippen LogP contribution in [0.15, 0.2) is 12.1 Å². The van der Waals surface area contributed by atoms with Gasteiger partial charge in [0.25, 0.3) is 0 Å². The van der Waals surface area contributed by atoms with Crippen LogP contribution < -0.4 is 10.1 Å². The molecule has 2 fully saturated rings. The SMILES string of the molecule is COC(=O)c1cc(Cl)c(NC(=O)N(C[C@@H]2CCCO2)C[C@@H]2CCCO2)cc1OC. The Balaban J connectivity index is 1.75. The van der Waals surface area contributed by atoms with Gasteiger partial charge in [0.1, 0.15) is 11.3 Å². The summed E-state index contributed by atoms with van der Waals surface area (Å²) >= 11 is 6.30. The molecule has 2 saturated heterocycles. The Labute approximate surface area is 175 Å². The lowest BCUT2D eigenvalue weighted by atomic mass is 10.1. The molecule has 2 aliphatic rings. The molecule has 0 aromatic heterocycles. The van der Waals surface area contributed by atoms with Gasteiger partial charge in [-0.15, -0.1) is 0 Å². The Morgan fingerprint density at radius 1 is 1.14 bits per heavy atom. The van der Waals surface area contributed by atoms with Crippen molar-refractivity contribution in [2.75, 3.05) is 45.8 Å². The van der Waals surface area contributed by atoms with E-state index in [9.17, 15) is 9.59 Å². The Morgan fingerprint density at radius 2 is 1.76 bits per heavy atom. The van der Waals surface area contributed by atoms with Gasteiger partial charge in [0, 0.05) is 32.4 Å². The van der Waals surface area contributed by atoms with E-state index in [1.54, 1.807) is 4.90 Å². The number of amides is 2. The highest BCUT2D eigenvalue weighted by Gasteiger charge is 2.27. The molecule has 0 unspecified atom stereocenters. The highest BCUT2D eigenvalue weighted by atomic mass is 35.5. The predicted octanol–water partition coefficient (Wildman–Crippen LogP) is 3.33. The number of carbonyl (C=O) groups excluding carboxylic acids is 2. The molecule has 2 aliphatic heterocycles. The van der Waals surface area contributed by atoms with E-state index in [1.165, 1.54) is 26.4 Å². The van der Waals surface area contributed by atoms with E-state index in [4.69, 9.17) is 30.5 Å². The molecule has 0 radical (unpaired) electrons. The number of nitrogens with zero attached hydrogens (tertiary/aromatic N) is 1. The van der Waals surface area contributed by atoms with Gasteiger partial charge in [-0.1, -0.05) is 11.6 Å². The lowest BCUT2D eigenvalue weighted by molar-refractivity contribution is 0.0524. The molecule has 29 heavy (non-hydrogen) atoms. The summed E-state index contributed by atoms with van der Waals surface area (Å²) in [4.78, 5) is 26.6. The molecular weight excluding hydrogens is 400 g/mol. The van der Waals surface area contributed by atoms with Crippen LogP contribution in [0.4, 0.5) is 10.5 Å². The molecule has 0 spiro atoms. The van der Waals surface area contributed by atoms with Gasteiger partial charge in [0.15, 0.2) is 0 Å². The smallest absolute Gasteiger partial charge is 0.341 e. The lowest BCUT2D eigenvalue weighted by Crippen LogP contribution is -2.44. The molecule has 9 heteroatoms. The number of esters is 1. The molecule has 0 bridgehead atoms. The number of hydrogen-bond donors (Lipinski definition) is 1. The summed E-state index contributed by atoms with van der Waals surface area (Å²) in [6.07, 6.45) is 3.90. The van der Waals surface area contributed by atoms with Crippen molar-refractivity contribution >= 4 is 29.3 Å². The molecule has 2 heterocycles. The molecule has 2 atom stereocenters. The molecule has 2 amide bonds. The standard InChI is InChI=1S/C20H27ClN2O6/c1-26-18-10-17(16(21)9-15(18)19(24)27-2)22-20(25)23(11-13-5-3-7-28-13)12-14-6-4-8-29-14/h9-10,13-14H,3-8,11-12H2,1-2H3,(H,22,25)/t13-,14-/m0/s1. The summed E-state index contributed by atoms with van der Waals surface area (Å²) < 4.78 is 21.4. The third kappa shape index (κ3) is 5.52. The third-order valence-corrected chi connectivity index (χ3v) is 5.43. The van der Waals surface area contributed by atoms with Gasteiger partial charge in [0.05, 0.1) is 37.1 Å². The van der Waals surface area contributed by atoms with Crippen LogP contribution in [0.1, 0.15) is 36.0 Å². The summed E-state index contributed by atoms with van der Waals surface area (Å²) in [5.41, 5.74) is 0.541. The number of ether oxygens (including phenoxy) is 4. The van der Waals surface area contributed by atoms with E-state index in [0.29, 0.717) is 18.8 Å². The van der Waals surface area contributed by atoms with Gasteiger partial charge < -0.3 is 29.2 Å². The van der Waals surface area contributed by atoms with Crippen molar-refractivity contribution in [2.45, 2.75) is 37.9 Å². The summed E-state index contributed by atoms with van der Waals surface area (Å²) in [6, 6.07) is 2.64. The average molecular weight is 427 g/mol. The predicted molar refractivity (Wildman–Crippen MR) is 108 cm³/mol. The lowest BCUT2D eigenvalue weighted by Gasteiger charge is -2.28. The minimum Gasteiger partial charge on any atom is -0.496 e. The number of nitrogens with one attached hydrogen (secondary N) is 1. The molecule has 8 nitrogen and oxygen atoms in total. The fourth-order valence-electron chi connectivity index (χ4n) is 3.59.